The number of hydrogen-bond donors (Lipinski definition) is 1. The zero-order valence-electron chi connectivity index (χ0n) is 16.8. The average molecular weight is 427 g/mol. The van der Waals surface area contributed by atoms with Gasteiger partial charge in [-0.25, -0.2) is 13.9 Å². The Kier molecular flexibility index (Phi) is 5.17. The van der Waals surface area contributed by atoms with Crippen LogP contribution in [0.4, 0.5) is 0 Å². The van der Waals surface area contributed by atoms with Crippen LogP contribution in [0.5, 0.6) is 5.75 Å². The van der Waals surface area contributed by atoms with Crippen LogP contribution in [0.3, 0.4) is 0 Å². The van der Waals surface area contributed by atoms with Crippen LogP contribution in [0.2, 0.25) is 0 Å². The highest BCUT2D eigenvalue weighted by Crippen LogP contribution is 2.18. The topological polar surface area (TPSA) is 99.6 Å². The summed E-state index contributed by atoms with van der Waals surface area (Å²) in [5.74, 6) is 0.590. The van der Waals surface area contributed by atoms with Crippen molar-refractivity contribution in [1.82, 2.24) is 24.1 Å². The summed E-state index contributed by atoms with van der Waals surface area (Å²) in [4.78, 5) is 38.3. The molecule has 0 aliphatic heterocycles. The molecule has 0 fully saturated rings. The van der Waals surface area contributed by atoms with Gasteiger partial charge in [-0.2, -0.15) is 0 Å². The zero-order valence-corrected chi connectivity index (χ0v) is 17.6. The number of nitrogens with one attached hydrogen (secondary N) is 1. The van der Waals surface area contributed by atoms with Crippen molar-refractivity contribution in [1.29, 1.82) is 0 Å². The van der Waals surface area contributed by atoms with Gasteiger partial charge in [-0.1, -0.05) is 12.1 Å². The number of aromatic nitrogens is 4. The molecule has 0 saturated carbocycles. The highest BCUT2D eigenvalue weighted by atomic mass is 32.1. The molecule has 1 N–H and O–H groups in total. The van der Waals surface area contributed by atoms with Crippen LogP contribution in [0.1, 0.15) is 19.4 Å². The highest BCUT2D eigenvalue weighted by Gasteiger charge is 2.19. The van der Waals surface area contributed by atoms with E-state index in [1.54, 1.807) is 18.6 Å². The van der Waals surface area contributed by atoms with E-state index in [-0.39, 0.29) is 36.4 Å². The number of thiophene rings is 1. The summed E-state index contributed by atoms with van der Waals surface area (Å²) in [6, 6.07) is 8.98. The number of methoxy groups -OCH3 is 1. The maximum Gasteiger partial charge on any atom is 0.352 e. The van der Waals surface area contributed by atoms with Gasteiger partial charge >= 0.3 is 5.69 Å². The Balaban J connectivity index is 1.86. The lowest BCUT2D eigenvalue weighted by atomic mass is 10.2. The van der Waals surface area contributed by atoms with Crippen molar-refractivity contribution in [3.05, 3.63) is 62.1 Å². The van der Waals surface area contributed by atoms with Crippen molar-refractivity contribution in [3.8, 4) is 5.75 Å². The molecule has 30 heavy (non-hydrogen) atoms. The highest BCUT2D eigenvalue weighted by molar-refractivity contribution is 7.17. The Labute approximate surface area is 175 Å². The second-order valence-corrected chi connectivity index (χ2v) is 8.09. The van der Waals surface area contributed by atoms with Crippen molar-refractivity contribution < 1.29 is 9.53 Å². The third-order valence-corrected chi connectivity index (χ3v) is 5.52. The number of ether oxygens (including phenoxy) is 1. The van der Waals surface area contributed by atoms with Crippen molar-refractivity contribution in [3.63, 3.8) is 0 Å². The predicted octanol–water partition coefficient (Wildman–Crippen LogP) is 1.45. The molecule has 9 nitrogen and oxygen atoms in total. The third kappa shape index (κ3) is 3.50. The van der Waals surface area contributed by atoms with E-state index in [2.05, 4.69) is 10.4 Å². The third-order valence-electron chi connectivity index (χ3n) is 4.63. The fourth-order valence-electron chi connectivity index (χ4n) is 3.30. The van der Waals surface area contributed by atoms with Crippen molar-refractivity contribution in [2.24, 2.45) is 0 Å². The fourth-order valence-corrected chi connectivity index (χ4v) is 4.12. The zero-order chi connectivity index (χ0) is 21.4. The van der Waals surface area contributed by atoms with Crippen LogP contribution in [0.15, 0.2) is 45.3 Å². The van der Waals surface area contributed by atoms with Gasteiger partial charge in [0.05, 0.1) is 19.2 Å². The number of fused-ring (bicyclic) bond motifs is 3. The lowest BCUT2D eigenvalue weighted by Gasteiger charge is -2.08. The van der Waals surface area contributed by atoms with Crippen molar-refractivity contribution in [2.75, 3.05) is 7.11 Å². The van der Waals surface area contributed by atoms with Crippen LogP contribution >= 0.6 is 11.3 Å². The monoisotopic (exact) mass is 427 g/mol. The standard InChI is InChI=1S/C20H21N5O4S/c1-12(2)21-16(26)11-24-20(28)25-15-8-9-30-17(15)18(27)23(19(25)22-24)10-13-4-6-14(29-3)7-5-13/h4-9,12H,10-11H2,1-3H3,(H,21,26). The van der Waals surface area contributed by atoms with Gasteiger partial charge in [-0.05, 0) is 43.0 Å². The summed E-state index contributed by atoms with van der Waals surface area (Å²) in [6.45, 7) is 3.69. The van der Waals surface area contributed by atoms with E-state index in [9.17, 15) is 14.4 Å². The van der Waals surface area contributed by atoms with Gasteiger partial charge in [0, 0.05) is 6.04 Å². The molecule has 0 radical (unpaired) electrons. The van der Waals surface area contributed by atoms with Crippen LogP contribution in [-0.4, -0.2) is 37.8 Å². The van der Waals surface area contributed by atoms with Gasteiger partial charge in [-0.3, -0.25) is 14.2 Å². The quantitative estimate of drug-likeness (QED) is 0.502. The summed E-state index contributed by atoms with van der Waals surface area (Å²) >= 11 is 1.27. The first kappa shape index (κ1) is 19.9. The molecule has 4 aromatic rings. The summed E-state index contributed by atoms with van der Waals surface area (Å²) in [5.41, 5.74) is 0.657. The molecule has 3 heterocycles. The van der Waals surface area contributed by atoms with E-state index in [0.717, 1.165) is 10.2 Å². The Morgan fingerprint density at radius 1 is 1.20 bits per heavy atom. The molecule has 0 unspecified atom stereocenters. The predicted molar refractivity (Wildman–Crippen MR) is 114 cm³/mol. The Morgan fingerprint density at radius 3 is 2.60 bits per heavy atom. The Morgan fingerprint density at radius 2 is 1.93 bits per heavy atom. The first-order valence-electron chi connectivity index (χ1n) is 9.41. The Hall–Kier alpha value is -3.40. The molecule has 10 heteroatoms. The smallest absolute Gasteiger partial charge is 0.352 e. The molecule has 0 atom stereocenters. The number of nitrogens with zero attached hydrogens (tertiary/aromatic N) is 4. The van der Waals surface area contributed by atoms with Crippen LogP contribution < -0.4 is 21.3 Å². The van der Waals surface area contributed by atoms with Gasteiger partial charge in [0.15, 0.2) is 0 Å². The second kappa shape index (κ2) is 7.79. The molecule has 0 bridgehead atoms. The number of benzene rings is 1. The van der Waals surface area contributed by atoms with Gasteiger partial charge in [-0.15, -0.1) is 16.4 Å². The summed E-state index contributed by atoms with van der Waals surface area (Å²) in [5, 5.41) is 8.84. The maximum absolute atomic E-state index is 13.1. The number of rotatable bonds is 6. The van der Waals surface area contributed by atoms with Gasteiger partial charge < -0.3 is 10.1 Å². The van der Waals surface area contributed by atoms with E-state index in [4.69, 9.17) is 4.74 Å². The summed E-state index contributed by atoms with van der Waals surface area (Å²) < 4.78 is 9.58. The number of carbonyl (C=O) groups is 1. The number of carbonyl (C=O) groups excluding carboxylic acids is 1. The van der Waals surface area contributed by atoms with Gasteiger partial charge in [0.2, 0.25) is 11.7 Å². The van der Waals surface area contributed by atoms with E-state index in [1.165, 1.54) is 20.3 Å². The SMILES string of the molecule is COc1ccc(Cn2c(=O)c3sccc3n3c(=O)n(CC(=O)NC(C)C)nc23)cc1. The molecular formula is C20H21N5O4S. The lowest BCUT2D eigenvalue weighted by Crippen LogP contribution is -2.36. The molecule has 1 aromatic carbocycles. The van der Waals surface area contributed by atoms with Crippen LogP contribution in [0, 0.1) is 0 Å². The normalized spacial score (nSPS) is 11.5. The largest absolute Gasteiger partial charge is 0.497 e. The summed E-state index contributed by atoms with van der Waals surface area (Å²) in [7, 11) is 1.59. The summed E-state index contributed by atoms with van der Waals surface area (Å²) in [6.07, 6.45) is 0. The van der Waals surface area contributed by atoms with Crippen molar-refractivity contribution >= 4 is 33.2 Å². The van der Waals surface area contributed by atoms with Crippen molar-refractivity contribution in [2.45, 2.75) is 33.0 Å². The number of amides is 1. The Bertz CT molecular complexity index is 1340. The molecule has 1 amide bonds. The van der Waals surface area contributed by atoms with E-state index in [1.807, 2.05) is 38.1 Å². The average Bonchev–Trinajstić information content (AvgIpc) is 3.30. The van der Waals surface area contributed by atoms with Gasteiger partial charge in [0.1, 0.15) is 17.0 Å². The van der Waals surface area contributed by atoms with Gasteiger partial charge in [0.25, 0.3) is 5.56 Å². The molecule has 0 spiro atoms. The van der Waals surface area contributed by atoms with E-state index >= 15 is 0 Å². The van der Waals surface area contributed by atoms with E-state index in [0.29, 0.717) is 16.0 Å². The first-order chi connectivity index (χ1) is 14.4. The lowest BCUT2D eigenvalue weighted by molar-refractivity contribution is -0.122. The van der Waals surface area contributed by atoms with Crippen LogP contribution in [0.25, 0.3) is 16.0 Å². The molecule has 4 rings (SSSR count). The molecule has 0 aliphatic rings. The van der Waals surface area contributed by atoms with Crippen LogP contribution in [-0.2, 0) is 17.9 Å². The molecule has 156 valence electrons. The molecule has 3 aromatic heterocycles. The minimum Gasteiger partial charge on any atom is -0.497 e. The number of hydrogen-bond acceptors (Lipinski definition) is 6. The first-order valence-corrected chi connectivity index (χ1v) is 10.3. The molecule has 0 aliphatic carbocycles. The minimum atomic E-state index is -0.462. The second-order valence-electron chi connectivity index (χ2n) is 7.17. The minimum absolute atomic E-state index is 0.0536. The van der Waals surface area contributed by atoms with E-state index < -0.39 is 5.69 Å². The fraction of sp³-hybridized carbons (Fsp3) is 0.300. The maximum atomic E-state index is 13.1. The molecular weight excluding hydrogens is 406 g/mol. The molecule has 0 saturated heterocycles.